The van der Waals surface area contributed by atoms with Gasteiger partial charge in [-0.25, -0.2) is 0 Å². The van der Waals surface area contributed by atoms with Crippen LogP contribution in [0.4, 0.5) is 0 Å². The second-order valence-electron chi connectivity index (χ2n) is 0. The van der Waals surface area contributed by atoms with E-state index in [2.05, 4.69) is 0 Å². The van der Waals surface area contributed by atoms with Gasteiger partial charge in [0, 0.05) is 54.9 Å². The summed E-state index contributed by atoms with van der Waals surface area (Å²) in [5.41, 5.74) is 0. The van der Waals surface area contributed by atoms with Gasteiger partial charge >= 0.3 is 0 Å². The monoisotopic (exact) mass is 342 g/mol. The third-order valence-corrected chi connectivity index (χ3v) is 0. The van der Waals surface area contributed by atoms with Crippen molar-refractivity contribution in [2.75, 3.05) is 0 Å². The van der Waals surface area contributed by atoms with Gasteiger partial charge in [0.2, 0.25) is 0 Å². The van der Waals surface area contributed by atoms with Crippen molar-refractivity contribution >= 4 is 0 Å². The first kappa shape index (κ1) is 76.7. The van der Waals surface area contributed by atoms with Crippen molar-refractivity contribution < 1.29 is 54.9 Å². The summed E-state index contributed by atoms with van der Waals surface area (Å²) in [4.78, 5) is 0. The molecule has 1 nitrogen and oxygen atoms in total. The molecule has 0 aromatic heterocycles. The van der Waals surface area contributed by atoms with E-state index < -0.39 is 0 Å². The number of rotatable bonds is 0. The van der Waals surface area contributed by atoms with E-state index in [4.69, 9.17) is 0 Å². The average molecular weight is 342 g/mol. The molecule has 0 atom stereocenters. The van der Waals surface area contributed by atoms with Crippen LogP contribution in [0.25, 0.3) is 0 Å². The van der Waals surface area contributed by atoms with Crippen LogP contribution in [0.2, 0.25) is 0 Å². The van der Waals surface area contributed by atoms with Gasteiger partial charge in [-0.2, -0.15) is 0 Å². The average Bonchev–Trinajstić information content (AvgIpc) is 0. The largest absolute Gasteiger partial charge is 0.344 e. The quantitative estimate of drug-likeness (QED) is 0.650. The second kappa shape index (κ2) is 44.2. The minimum Gasteiger partial charge on any atom is -0.344 e. The summed E-state index contributed by atoms with van der Waals surface area (Å²) in [5, 5.41) is 0. The van der Waals surface area contributed by atoms with Crippen molar-refractivity contribution in [3.8, 4) is 0 Å². The number of hydrogen-bond donors (Lipinski definition) is 1. The minimum atomic E-state index is 0. The van der Waals surface area contributed by atoms with E-state index in [9.17, 15) is 0 Å². The predicted octanol–water partition coefficient (Wildman–Crippen LogP) is 0.791. The molecule has 0 bridgehead atoms. The summed E-state index contributed by atoms with van der Waals surface area (Å²) in [6, 6.07) is 0. The zero-order valence-corrected chi connectivity index (χ0v) is 6.23. The Morgan fingerprint density at radius 2 is 1.00 bits per heavy atom. The fraction of sp³-hybridized carbons (Fsp3) is 1.00. The van der Waals surface area contributed by atoms with Crippen molar-refractivity contribution in [3.63, 3.8) is 0 Å². The topological polar surface area (TPSA) is 35.0 Å². The first-order valence-corrected chi connectivity index (χ1v) is 0. The van der Waals surface area contributed by atoms with Crippen molar-refractivity contribution in [1.82, 2.24) is 6.15 Å². The van der Waals surface area contributed by atoms with Gasteiger partial charge in [-0.3, -0.25) is 0 Å². The van der Waals surface area contributed by atoms with Crippen molar-refractivity contribution in [2.24, 2.45) is 0 Å². The van der Waals surface area contributed by atoms with E-state index in [1.165, 1.54) is 0 Å². The molecule has 0 rings (SSSR count). The van der Waals surface area contributed by atoms with Gasteiger partial charge < -0.3 is 6.15 Å². The first-order chi connectivity index (χ1) is 0. The molecule has 0 saturated heterocycles. The van der Waals surface area contributed by atoms with Gasteiger partial charge in [0.25, 0.3) is 0 Å². The molecule has 0 aliphatic rings. The molecule has 5 heavy (non-hydrogen) atoms. The summed E-state index contributed by atoms with van der Waals surface area (Å²) in [6.45, 7) is 0. The first-order valence-electron chi connectivity index (χ1n) is 0. The molecule has 0 unspecified atom stereocenters. The molecule has 0 amide bonds. The summed E-state index contributed by atoms with van der Waals surface area (Å²) in [6.07, 6.45) is 0. The Labute approximate surface area is 68.2 Å². The summed E-state index contributed by atoms with van der Waals surface area (Å²) in [7, 11) is 0. The van der Waals surface area contributed by atoms with E-state index in [-0.39, 0.29) is 68.5 Å². The van der Waals surface area contributed by atoms with E-state index in [0.29, 0.717) is 0 Å². The molecule has 4 heteroatoms. The Morgan fingerprint density at radius 3 is 1.00 bits per heavy atom. The Morgan fingerprint density at radius 1 is 1.00 bits per heavy atom. The fourth-order valence-electron chi connectivity index (χ4n) is 0. The van der Waals surface area contributed by atoms with E-state index in [1.54, 1.807) is 0 Å². The van der Waals surface area contributed by atoms with Crippen molar-refractivity contribution in [3.05, 3.63) is 0 Å². The van der Waals surface area contributed by atoms with Crippen LogP contribution in [0.5, 0.6) is 0 Å². The van der Waals surface area contributed by atoms with Gasteiger partial charge in [0.05, 0.1) is 0 Å². The van der Waals surface area contributed by atoms with E-state index in [1.807, 2.05) is 0 Å². The summed E-state index contributed by atoms with van der Waals surface area (Å²) >= 11 is 0. The second-order valence-corrected chi connectivity index (χ2v) is 0. The molecule has 0 spiro atoms. The Kier molecular flexibility index (Phi) is 678. The van der Waals surface area contributed by atoms with Crippen LogP contribution in [-0.2, 0) is 54.9 Å². The molecule has 0 fully saturated rings. The molecule has 0 aliphatic carbocycles. The zero-order valence-electron chi connectivity index (χ0n) is 1.73. The third kappa shape index (κ3) is 27.3. The zero-order chi connectivity index (χ0) is 0. The molecule has 0 heterocycles. The smallest absolute Gasteiger partial charge is 0 e. The van der Waals surface area contributed by atoms with Crippen LogP contribution in [0.1, 0.15) is 7.43 Å². The molecular weight excluding hydrogens is 335 g/mol. The molecule has 0 saturated carbocycles. The van der Waals surface area contributed by atoms with Gasteiger partial charge in [0.1, 0.15) is 0 Å². The van der Waals surface area contributed by atoms with Crippen LogP contribution in [0.15, 0.2) is 0 Å². The fourth-order valence-corrected chi connectivity index (χ4v) is 0. The van der Waals surface area contributed by atoms with Gasteiger partial charge in [-0.15, -0.1) is 0 Å². The van der Waals surface area contributed by atoms with Crippen LogP contribution < -0.4 is 6.15 Å². The van der Waals surface area contributed by atoms with Crippen LogP contribution in [0.3, 0.4) is 0 Å². The SMILES string of the molecule is C.N.[Co].[Mn].[Pt]. The van der Waals surface area contributed by atoms with Crippen LogP contribution in [0, 0.1) is 0 Å². The van der Waals surface area contributed by atoms with Crippen LogP contribution in [-0.4, -0.2) is 0 Å². The molecule has 3 N–H and O–H groups in total. The standard InChI is InChI=1S/CH4.Co.Mn.H3N.Pt/h1H4;;;1H3;. The minimum absolute atomic E-state index is 0. The van der Waals surface area contributed by atoms with Crippen LogP contribution >= 0.6 is 0 Å². The molecule has 42 valence electrons. The van der Waals surface area contributed by atoms with Crippen molar-refractivity contribution in [1.29, 1.82) is 0 Å². The molecule has 0 aromatic carbocycles. The number of hydrogen-bond acceptors (Lipinski definition) is 1. The maximum Gasteiger partial charge on any atom is 0 e. The van der Waals surface area contributed by atoms with Crippen molar-refractivity contribution in [2.45, 2.75) is 7.43 Å². The van der Waals surface area contributed by atoms with Gasteiger partial charge in [0.15, 0.2) is 0 Å². The summed E-state index contributed by atoms with van der Waals surface area (Å²) < 4.78 is 0. The Bertz CT molecular complexity index is 11.6. The van der Waals surface area contributed by atoms with E-state index in [0.717, 1.165) is 0 Å². The normalized spacial score (nSPS) is 0. The van der Waals surface area contributed by atoms with Gasteiger partial charge in [-0.1, -0.05) is 7.43 Å². The van der Waals surface area contributed by atoms with E-state index >= 15 is 0 Å². The maximum atomic E-state index is 0. The third-order valence-electron chi connectivity index (χ3n) is 0. The summed E-state index contributed by atoms with van der Waals surface area (Å²) in [5.74, 6) is 0. The molecular formula is CH7CoMnNPt. The molecule has 0 aromatic rings. The van der Waals surface area contributed by atoms with Gasteiger partial charge in [-0.05, 0) is 0 Å². The Hall–Kier alpha value is 1.67. The molecule has 0 aliphatic heterocycles. The molecule has 2 radical (unpaired) electrons. The maximum absolute atomic E-state index is 0. The predicted molar refractivity (Wildman–Crippen MR) is 11.8 cm³/mol. The Balaban J connectivity index is 0.